The number of carbonyl (C=O) groups excluding carboxylic acids is 1. The third-order valence-electron chi connectivity index (χ3n) is 4.37. The summed E-state index contributed by atoms with van der Waals surface area (Å²) in [6.45, 7) is 6.00. The minimum absolute atomic E-state index is 0.294. The first-order valence-corrected chi connectivity index (χ1v) is 9.91. The molecule has 0 saturated heterocycles. The maximum atomic E-state index is 12.8. The van der Waals surface area contributed by atoms with Gasteiger partial charge in [-0.05, 0) is 24.5 Å². The molecule has 142 valence electrons. The van der Waals surface area contributed by atoms with Crippen molar-refractivity contribution in [3.63, 3.8) is 0 Å². The van der Waals surface area contributed by atoms with Crippen LogP contribution in [0.3, 0.4) is 0 Å². The van der Waals surface area contributed by atoms with E-state index >= 15 is 0 Å². The zero-order valence-corrected chi connectivity index (χ0v) is 17.0. The molecule has 0 atom stereocenters. The lowest BCUT2D eigenvalue weighted by molar-refractivity contribution is 0.101. The fraction of sp³-hybridized carbons (Fsp3) is 0.211. The van der Waals surface area contributed by atoms with Crippen LogP contribution in [0.15, 0.2) is 36.2 Å². The molecule has 0 aromatic carbocycles. The van der Waals surface area contributed by atoms with Crippen LogP contribution in [0.1, 0.15) is 41.4 Å². The predicted octanol–water partition coefficient (Wildman–Crippen LogP) is 4.42. The van der Waals surface area contributed by atoms with Crippen molar-refractivity contribution in [1.82, 2.24) is 24.6 Å². The highest BCUT2D eigenvalue weighted by Crippen LogP contribution is 2.26. The number of halogens is 1. The molecule has 1 amide bonds. The number of aryl methyl sites for hydroxylation is 1. The highest BCUT2D eigenvalue weighted by atomic mass is 35.5. The lowest BCUT2D eigenvalue weighted by Gasteiger charge is -2.09. The number of hydrogen-bond acceptors (Lipinski definition) is 6. The molecular weight excluding hydrogens is 396 g/mol. The van der Waals surface area contributed by atoms with Crippen molar-refractivity contribution in [3.05, 3.63) is 58.2 Å². The van der Waals surface area contributed by atoms with Crippen molar-refractivity contribution < 1.29 is 4.79 Å². The smallest absolute Gasteiger partial charge is 0.267 e. The van der Waals surface area contributed by atoms with Crippen LogP contribution >= 0.6 is 22.9 Å². The first kappa shape index (κ1) is 18.5. The number of amides is 1. The average molecular weight is 413 g/mol. The summed E-state index contributed by atoms with van der Waals surface area (Å²) in [6, 6.07) is 1.95. The molecule has 0 saturated carbocycles. The van der Waals surface area contributed by atoms with Gasteiger partial charge in [0.1, 0.15) is 5.15 Å². The van der Waals surface area contributed by atoms with Crippen LogP contribution in [0.5, 0.6) is 0 Å². The summed E-state index contributed by atoms with van der Waals surface area (Å²) in [6.07, 6.45) is 6.93. The van der Waals surface area contributed by atoms with E-state index in [0.717, 1.165) is 16.5 Å². The topological polar surface area (TPSA) is 85.6 Å². The van der Waals surface area contributed by atoms with E-state index in [4.69, 9.17) is 11.6 Å². The largest absolute Gasteiger partial charge is 0.273 e. The number of nitrogens with zero attached hydrogens (tertiary/aromatic N) is 5. The molecule has 4 rings (SSSR count). The Morgan fingerprint density at radius 2 is 2.11 bits per heavy atom. The van der Waals surface area contributed by atoms with Gasteiger partial charge in [-0.1, -0.05) is 25.4 Å². The van der Waals surface area contributed by atoms with Gasteiger partial charge in [-0.3, -0.25) is 19.9 Å². The van der Waals surface area contributed by atoms with Gasteiger partial charge < -0.3 is 0 Å². The summed E-state index contributed by atoms with van der Waals surface area (Å²) >= 11 is 7.22. The Morgan fingerprint density at radius 1 is 1.29 bits per heavy atom. The maximum Gasteiger partial charge on any atom is 0.273 e. The van der Waals surface area contributed by atoms with Gasteiger partial charge in [0, 0.05) is 29.4 Å². The van der Waals surface area contributed by atoms with Gasteiger partial charge in [0.2, 0.25) is 0 Å². The van der Waals surface area contributed by atoms with E-state index in [2.05, 4.69) is 39.2 Å². The zero-order valence-electron chi connectivity index (χ0n) is 15.5. The van der Waals surface area contributed by atoms with Crippen LogP contribution in [0.4, 0.5) is 0 Å². The summed E-state index contributed by atoms with van der Waals surface area (Å²) in [5.41, 5.74) is 5.84. The van der Waals surface area contributed by atoms with Crippen molar-refractivity contribution in [2.45, 2.75) is 26.7 Å². The van der Waals surface area contributed by atoms with Gasteiger partial charge in [0.15, 0.2) is 10.8 Å². The Hall–Kier alpha value is -2.84. The maximum absolute atomic E-state index is 12.8. The summed E-state index contributed by atoms with van der Waals surface area (Å²) in [5, 5.41) is 3.80. The molecule has 28 heavy (non-hydrogen) atoms. The van der Waals surface area contributed by atoms with Gasteiger partial charge in [0.05, 0.1) is 23.0 Å². The van der Waals surface area contributed by atoms with E-state index in [1.165, 1.54) is 17.5 Å². The monoisotopic (exact) mass is 412 g/mol. The molecule has 1 N–H and O–H groups in total. The van der Waals surface area contributed by atoms with E-state index in [1.54, 1.807) is 29.4 Å². The van der Waals surface area contributed by atoms with Crippen LogP contribution in [-0.2, 0) is 0 Å². The molecule has 4 aromatic rings. The van der Waals surface area contributed by atoms with E-state index in [0.29, 0.717) is 33.2 Å². The van der Waals surface area contributed by atoms with E-state index in [1.807, 2.05) is 12.3 Å². The number of thiazole rings is 1. The molecule has 0 aliphatic rings. The number of pyridine rings is 1. The van der Waals surface area contributed by atoms with Gasteiger partial charge >= 0.3 is 0 Å². The number of nitrogens with one attached hydrogen (secondary N) is 1. The Bertz CT molecular complexity index is 1180. The number of aromatic nitrogens is 5. The molecule has 4 heterocycles. The summed E-state index contributed by atoms with van der Waals surface area (Å²) in [7, 11) is 0. The fourth-order valence-corrected chi connectivity index (χ4v) is 3.86. The highest BCUT2D eigenvalue weighted by molar-refractivity contribution is 7.13. The minimum Gasteiger partial charge on any atom is -0.267 e. The lowest BCUT2D eigenvalue weighted by Crippen LogP contribution is -2.23. The van der Waals surface area contributed by atoms with E-state index < -0.39 is 0 Å². The van der Waals surface area contributed by atoms with Crippen molar-refractivity contribution in [2.75, 3.05) is 5.43 Å². The summed E-state index contributed by atoms with van der Waals surface area (Å²) < 4.78 is 1.70. The Morgan fingerprint density at radius 3 is 2.79 bits per heavy atom. The quantitative estimate of drug-likeness (QED) is 0.536. The van der Waals surface area contributed by atoms with Gasteiger partial charge in [0.25, 0.3) is 5.91 Å². The van der Waals surface area contributed by atoms with Crippen molar-refractivity contribution in [3.8, 4) is 10.8 Å². The minimum atomic E-state index is -0.294. The first-order valence-electron chi connectivity index (χ1n) is 8.65. The predicted molar refractivity (Wildman–Crippen MR) is 110 cm³/mol. The standard InChI is InChI=1S/C19H17ClN6OS/c1-10(2)14-8-26(15-7-21-5-4-12(14)15)25-18(27)13-6-22-17(23-11(13)3)19-24-16(20)9-28-19/h4-10H,1-3H3,(H,25,27). The number of hydrogen-bond donors (Lipinski definition) is 1. The van der Waals surface area contributed by atoms with Crippen LogP contribution in [0.25, 0.3) is 21.7 Å². The molecule has 4 aromatic heterocycles. The van der Waals surface area contributed by atoms with Crippen LogP contribution in [-0.4, -0.2) is 30.5 Å². The van der Waals surface area contributed by atoms with Crippen LogP contribution in [0.2, 0.25) is 5.15 Å². The molecule has 0 aliphatic heterocycles. The molecule has 0 fully saturated rings. The third-order valence-corrected chi connectivity index (χ3v) is 5.54. The van der Waals surface area contributed by atoms with Crippen molar-refractivity contribution in [1.29, 1.82) is 0 Å². The molecule has 0 spiro atoms. The van der Waals surface area contributed by atoms with Crippen molar-refractivity contribution >= 4 is 39.7 Å². The molecular formula is C19H17ClN6OS. The highest BCUT2D eigenvalue weighted by Gasteiger charge is 2.17. The van der Waals surface area contributed by atoms with Crippen LogP contribution < -0.4 is 5.43 Å². The van der Waals surface area contributed by atoms with Gasteiger partial charge in [-0.25, -0.2) is 15.0 Å². The Labute approximate surface area is 170 Å². The SMILES string of the molecule is Cc1nc(-c2nc(Cl)cs2)ncc1C(=O)Nn1cc(C(C)C)c2ccncc21. The zero-order chi connectivity index (χ0) is 19.8. The first-order chi connectivity index (χ1) is 13.4. The Balaban J connectivity index is 1.65. The second-order valence-electron chi connectivity index (χ2n) is 6.61. The number of fused-ring (bicyclic) bond motifs is 1. The number of rotatable bonds is 4. The summed E-state index contributed by atoms with van der Waals surface area (Å²) in [4.78, 5) is 29.9. The van der Waals surface area contributed by atoms with Crippen molar-refractivity contribution in [2.24, 2.45) is 0 Å². The summed E-state index contributed by atoms with van der Waals surface area (Å²) in [5.74, 6) is 0.471. The van der Waals surface area contributed by atoms with E-state index in [-0.39, 0.29) is 5.91 Å². The normalized spacial score (nSPS) is 11.3. The van der Waals surface area contributed by atoms with Gasteiger partial charge in [-0.15, -0.1) is 11.3 Å². The van der Waals surface area contributed by atoms with Gasteiger partial charge in [-0.2, -0.15) is 0 Å². The second-order valence-corrected chi connectivity index (χ2v) is 7.86. The molecule has 0 unspecified atom stereocenters. The number of carbonyl (C=O) groups is 1. The molecule has 0 bridgehead atoms. The lowest BCUT2D eigenvalue weighted by atomic mass is 10.0. The average Bonchev–Trinajstić information content (AvgIpc) is 3.26. The molecule has 7 nitrogen and oxygen atoms in total. The molecule has 0 radical (unpaired) electrons. The molecule has 9 heteroatoms. The molecule has 0 aliphatic carbocycles. The van der Waals surface area contributed by atoms with Crippen LogP contribution in [0, 0.1) is 6.92 Å². The fourth-order valence-electron chi connectivity index (χ4n) is 2.97. The second kappa shape index (κ2) is 7.29. The van der Waals surface area contributed by atoms with E-state index in [9.17, 15) is 4.79 Å². The third kappa shape index (κ3) is 3.36. The Kier molecular flexibility index (Phi) is 4.82.